The molecule has 0 unspecified atom stereocenters. The number of rotatable bonds is 7. The molecule has 0 aromatic heterocycles. The number of esters is 1. The van der Waals surface area contributed by atoms with Gasteiger partial charge in [0.15, 0.2) is 0 Å². The molecule has 1 aromatic carbocycles. The summed E-state index contributed by atoms with van der Waals surface area (Å²) in [6.45, 7) is 6.35. The highest BCUT2D eigenvalue weighted by Crippen LogP contribution is 2.29. The maximum absolute atomic E-state index is 12.7. The van der Waals surface area contributed by atoms with E-state index in [2.05, 4.69) is 5.32 Å². The first-order valence-electron chi connectivity index (χ1n) is 8.94. The van der Waals surface area contributed by atoms with Gasteiger partial charge in [0.25, 0.3) is 0 Å². The Morgan fingerprint density at radius 1 is 1.12 bits per heavy atom. The third kappa shape index (κ3) is 5.34. The average molecular weight is 345 g/mol. The van der Waals surface area contributed by atoms with Crippen molar-refractivity contribution in [1.82, 2.24) is 0 Å². The molecule has 1 aromatic rings. The van der Waals surface area contributed by atoms with Crippen molar-refractivity contribution in [2.24, 2.45) is 11.8 Å². The zero-order valence-corrected chi connectivity index (χ0v) is 15.2. The number of hydrogen-bond donors (Lipinski definition) is 1. The van der Waals surface area contributed by atoms with Gasteiger partial charge in [-0.3, -0.25) is 9.59 Å². The summed E-state index contributed by atoms with van der Waals surface area (Å²) in [5.41, 5.74) is 0.692. The average Bonchev–Trinajstić information content (AvgIpc) is 2.63. The molecular formula is C20H27NO4. The van der Waals surface area contributed by atoms with Gasteiger partial charge in [-0.05, 0) is 57.4 Å². The van der Waals surface area contributed by atoms with Crippen molar-refractivity contribution >= 4 is 17.6 Å². The molecule has 0 bridgehead atoms. The Bertz CT molecular complexity index is 609. The molecule has 0 saturated carbocycles. The van der Waals surface area contributed by atoms with Gasteiger partial charge in [0.2, 0.25) is 5.91 Å². The summed E-state index contributed by atoms with van der Waals surface area (Å²) in [5, 5.41) is 2.90. The smallest absolute Gasteiger partial charge is 0.310 e. The molecule has 1 aliphatic rings. The summed E-state index contributed by atoms with van der Waals surface area (Å²) in [6.07, 6.45) is 5.61. The molecule has 3 atom stereocenters. The minimum atomic E-state index is -0.429. The molecule has 0 aliphatic heterocycles. The largest absolute Gasteiger partial charge is 0.494 e. The highest BCUT2D eigenvalue weighted by Gasteiger charge is 2.35. The van der Waals surface area contributed by atoms with E-state index in [1.165, 1.54) is 0 Å². The van der Waals surface area contributed by atoms with Crippen LogP contribution < -0.4 is 10.1 Å². The lowest BCUT2D eigenvalue weighted by atomic mass is 9.82. The predicted octanol–water partition coefficient (Wildman–Crippen LogP) is 3.95. The van der Waals surface area contributed by atoms with Gasteiger partial charge in [0.05, 0.1) is 24.5 Å². The minimum Gasteiger partial charge on any atom is -0.494 e. The molecule has 0 radical (unpaired) electrons. The minimum absolute atomic E-state index is 0.131. The maximum Gasteiger partial charge on any atom is 0.310 e. The molecule has 0 spiro atoms. The third-order valence-electron chi connectivity index (χ3n) is 4.40. The Hall–Kier alpha value is -2.30. The second-order valence-electron chi connectivity index (χ2n) is 6.26. The van der Waals surface area contributed by atoms with E-state index in [1.807, 2.05) is 45.1 Å². The first-order valence-corrected chi connectivity index (χ1v) is 8.94. The SMILES string of the molecule is CCOc1ccc(NC(=O)[C@H]2CC=CC[C@H]2C(=O)O[C@H](C)CC)cc1. The van der Waals surface area contributed by atoms with Gasteiger partial charge >= 0.3 is 5.97 Å². The second kappa shape index (κ2) is 9.25. The fraction of sp³-hybridized carbons (Fsp3) is 0.500. The molecule has 5 nitrogen and oxygen atoms in total. The van der Waals surface area contributed by atoms with E-state index in [4.69, 9.17) is 9.47 Å². The number of amides is 1. The summed E-state index contributed by atoms with van der Waals surface area (Å²) >= 11 is 0. The summed E-state index contributed by atoms with van der Waals surface area (Å²) in [7, 11) is 0. The zero-order valence-electron chi connectivity index (χ0n) is 15.2. The molecule has 5 heteroatoms. The van der Waals surface area contributed by atoms with Gasteiger partial charge in [0.1, 0.15) is 5.75 Å². The number of nitrogens with one attached hydrogen (secondary N) is 1. The van der Waals surface area contributed by atoms with Crippen LogP contribution in [0.1, 0.15) is 40.0 Å². The molecule has 25 heavy (non-hydrogen) atoms. The number of hydrogen-bond acceptors (Lipinski definition) is 4. The number of allylic oxidation sites excluding steroid dienone is 2. The summed E-state index contributed by atoms with van der Waals surface area (Å²) in [6, 6.07) is 7.23. The number of ether oxygens (including phenoxy) is 2. The lowest BCUT2D eigenvalue weighted by Crippen LogP contribution is -2.36. The highest BCUT2D eigenvalue weighted by atomic mass is 16.5. The molecule has 0 heterocycles. The van der Waals surface area contributed by atoms with Crippen LogP contribution in [0.4, 0.5) is 5.69 Å². The van der Waals surface area contributed by atoms with Crippen molar-refractivity contribution in [2.45, 2.75) is 46.1 Å². The van der Waals surface area contributed by atoms with Crippen LogP contribution in [0.5, 0.6) is 5.75 Å². The molecule has 2 rings (SSSR count). The third-order valence-corrected chi connectivity index (χ3v) is 4.40. The van der Waals surface area contributed by atoms with Gasteiger partial charge in [0, 0.05) is 5.69 Å². The molecule has 1 amide bonds. The highest BCUT2D eigenvalue weighted by molar-refractivity contribution is 5.95. The lowest BCUT2D eigenvalue weighted by molar-refractivity contribution is -0.157. The van der Waals surface area contributed by atoms with Gasteiger partial charge in [-0.2, -0.15) is 0 Å². The first-order chi connectivity index (χ1) is 12.0. The van der Waals surface area contributed by atoms with Crippen LogP contribution in [-0.2, 0) is 14.3 Å². The first kappa shape index (κ1) is 19.0. The van der Waals surface area contributed by atoms with Crippen LogP contribution in [0.15, 0.2) is 36.4 Å². The fourth-order valence-electron chi connectivity index (χ4n) is 2.77. The molecule has 136 valence electrons. The van der Waals surface area contributed by atoms with E-state index in [0.717, 1.165) is 12.2 Å². The van der Waals surface area contributed by atoms with Crippen LogP contribution in [0.2, 0.25) is 0 Å². The molecule has 0 saturated heterocycles. The molecule has 1 N–H and O–H groups in total. The second-order valence-corrected chi connectivity index (χ2v) is 6.26. The van der Waals surface area contributed by atoms with Crippen LogP contribution in [-0.4, -0.2) is 24.6 Å². The molecule has 1 aliphatic carbocycles. The number of benzene rings is 1. The van der Waals surface area contributed by atoms with Crippen molar-refractivity contribution in [3.05, 3.63) is 36.4 Å². The number of carbonyl (C=O) groups is 2. The molecule has 0 fully saturated rings. The van der Waals surface area contributed by atoms with Gasteiger partial charge in [-0.25, -0.2) is 0 Å². The standard InChI is InChI=1S/C20H27NO4/c1-4-14(3)25-20(23)18-9-7-6-8-17(18)19(22)21-15-10-12-16(13-11-15)24-5-2/h6-7,10-14,17-18H,4-5,8-9H2,1-3H3,(H,21,22)/t14-,17+,18-/m1/s1. The predicted molar refractivity (Wildman–Crippen MR) is 97.4 cm³/mol. The van der Waals surface area contributed by atoms with Crippen molar-refractivity contribution in [1.29, 1.82) is 0 Å². The zero-order chi connectivity index (χ0) is 18.2. The normalized spacial score (nSPS) is 20.6. The summed E-state index contributed by atoms with van der Waals surface area (Å²) < 4.78 is 10.8. The van der Waals surface area contributed by atoms with Crippen molar-refractivity contribution < 1.29 is 19.1 Å². The van der Waals surface area contributed by atoms with Gasteiger partial charge in [-0.15, -0.1) is 0 Å². The van der Waals surface area contributed by atoms with E-state index >= 15 is 0 Å². The number of carbonyl (C=O) groups excluding carboxylic acids is 2. The summed E-state index contributed by atoms with van der Waals surface area (Å²) in [5.74, 6) is -0.518. The van der Waals surface area contributed by atoms with Gasteiger partial charge < -0.3 is 14.8 Å². The fourth-order valence-corrected chi connectivity index (χ4v) is 2.77. The lowest BCUT2D eigenvalue weighted by Gasteiger charge is -2.27. The maximum atomic E-state index is 12.7. The monoisotopic (exact) mass is 345 g/mol. The van der Waals surface area contributed by atoms with Crippen molar-refractivity contribution in [2.75, 3.05) is 11.9 Å². The molecular weight excluding hydrogens is 318 g/mol. The Morgan fingerprint density at radius 3 is 2.36 bits per heavy atom. The quantitative estimate of drug-likeness (QED) is 0.600. The Morgan fingerprint density at radius 2 is 1.76 bits per heavy atom. The van der Waals surface area contributed by atoms with Gasteiger partial charge in [-0.1, -0.05) is 19.1 Å². The summed E-state index contributed by atoms with van der Waals surface area (Å²) in [4.78, 5) is 25.1. The van der Waals surface area contributed by atoms with Crippen LogP contribution in [0, 0.1) is 11.8 Å². The number of anilines is 1. The van der Waals surface area contributed by atoms with E-state index < -0.39 is 11.8 Å². The Labute approximate surface area is 149 Å². The van der Waals surface area contributed by atoms with E-state index in [9.17, 15) is 9.59 Å². The van der Waals surface area contributed by atoms with E-state index in [1.54, 1.807) is 12.1 Å². The van der Waals surface area contributed by atoms with Crippen LogP contribution in [0.25, 0.3) is 0 Å². The Kier molecular flexibility index (Phi) is 7.04. The van der Waals surface area contributed by atoms with Crippen molar-refractivity contribution in [3.8, 4) is 5.75 Å². The topological polar surface area (TPSA) is 64.6 Å². The van der Waals surface area contributed by atoms with E-state index in [0.29, 0.717) is 25.1 Å². The van der Waals surface area contributed by atoms with E-state index in [-0.39, 0.29) is 18.0 Å². The Balaban J connectivity index is 2.02. The van der Waals surface area contributed by atoms with Crippen LogP contribution >= 0.6 is 0 Å². The van der Waals surface area contributed by atoms with Crippen LogP contribution in [0.3, 0.4) is 0 Å². The van der Waals surface area contributed by atoms with Crippen molar-refractivity contribution in [3.63, 3.8) is 0 Å².